The minimum Gasteiger partial charge on any atom is -0.494 e. The highest BCUT2D eigenvalue weighted by atomic mass is 16.6. The van der Waals surface area contributed by atoms with Crippen molar-refractivity contribution in [2.75, 3.05) is 71.7 Å². The molecule has 0 aromatic heterocycles. The number of anilines is 1. The monoisotopic (exact) mass is 648 g/mol. The van der Waals surface area contributed by atoms with Crippen LogP contribution in [-0.4, -0.2) is 95.1 Å². The summed E-state index contributed by atoms with van der Waals surface area (Å²) in [5.41, 5.74) is 3.85. The largest absolute Gasteiger partial charge is 0.494 e. The van der Waals surface area contributed by atoms with Crippen molar-refractivity contribution in [2.45, 2.75) is 50.6 Å². The summed E-state index contributed by atoms with van der Waals surface area (Å²) in [6.45, 7) is 5.24. The third-order valence-corrected chi connectivity index (χ3v) is 8.59. The van der Waals surface area contributed by atoms with Crippen LogP contribution in [0, 0.1) is 0 Å². The maximum Gasteiger partial charge on any atom is 0.410 e. The van der Waals surface area contributed by atoms with Gasteiger partial charge in [-0.1, -0.05) is 48.5 Å². The number of rotatable bonds is 16. The fourth-order valence-electron chi connectivity index (χ4n) is 6.11. The van der Waals surface area contributed by atoms with E-state index < -0.39 is 18.3 Å². The highest BCUT2D eigenvalue weighted by Gasteiger charge is 2.40. The molecule has 2 aliphatic rings. The number of nitrogens with zero attached hydrogens (tertiary/aromatic N) is 2. The SMILES string of the molecule is COCCCCOc1ccc([C@H]2[C@H](O)CN(C(=O)OCc3ccccc3)C[C@@H]2OCc2ccc3c(c2)N(CCCOC)CCO3)cc1. The first-order valence-electron chi connectivity index (χ1n) is 16.5. The number of methoxy groups -OCH3 is 2. The number of piperidine rings is 1. The third kappa shape index (κ3) is 9.84. The van der Waals surface area contributed by atoms with Crippen molar-refractivity contribution in [3.05, 3.63) is 89.5 Å². The van der Waals surface area contributed by atoms with Crippen LogP contribution in [0.3, 0.4) is 0 Å². The fraction of sp³-hybridized carbons (Fsp3) is 0.486. The number of unbranched alkanes of at least 4 members (excludes halogenated alkanes) is 1. The molecule has 1 N–H and O–H groups in total. The van der Waals surface area contributed by atoms with Crippen LogP contribution in [0.5, 0.6) is 11.5 Å². The van der Waals surface area contributed by atoms with E-state index in [-0.39, 0.29) is 25.6 Å². The molecule has 3 aromatic carbocycles. The summed E-state index contributed by atoms with van der Waals surface area (Å²) < 4.78 is 34.4. The standard InChI is InChI=1S/C37H48N2O8/c1-42-19-6-7-21-44-31-14-12-30(13-15-31)36-33(40)24-39(37(41)47-26-28-9-4-3-5-10-28)25-35(36)46-27-29-11-16-34-32(23-29)38(18-22-45-34)17-8-20-43-2/h3-5,9-16,23,33,35-36,40H,6-8,17-22,24-27H2,1-2H3/t33-,35+,36+/m1/s1. The summed E-state index contributed by atoms with van der Waals surface area (Å²) in [6.07, 6.45) is 0.959. The van der Waals surface area contributed by atoms with E-state index in [4.69, 9.17) is 28.4 Å². The van der Waals surface area contributed by atoms with Crippen molar-refractivity contribution in [1.29, 1.82) is 0 Å². The van der Waals surface area contributed by atoms with Crippen LogP contribution in [0.1, 0.15) is 41.9 Å². The minimum atomic E-state index is -0.855. The van der Waals surface area contributed by atoms with Crippen LogP contribution in [0.2, 0.25) is 0 Å². The van der Waals surface area contributed by atoms with Gasteiger partial charge in [0.2, 0.25) is 0 Å². The van der Waals surface area contributed by atoms with Gasteiger partial charge in [-0.3, -0.25) is 0 Å². The van der Waals surface area contributed by atoms with E-state index in [9.17, 15) is 9.90 Å². The Morgan fingerprint density at radius 2 is 1.64 bits per heavy atom. The molecule has 1 fully saturated rings. The fourth-order valence-corrected chi connectivity index (χ4v) is 6.11. The first-order chi connectivity index (χ1) is 23.1. The Morgan fingerprint density at radius 1 is 0.872 bits per heavy atom. The Kier molecular flexibility index (Phi) is 13.1. The van der Waals surface area contributed by atoms with Crippen molar-refractivity contribution in [3.63, 3.8) is 0 Å². The molecule has 0 aliphatic carbocycles. The molecular formula is C37H48N2O8. The second-order valence-electron chi connectivity index (χ2n) is 12.0. The van der Waals surface area contributed by atoms with E-state index in [2.05, 4.69) is 11.0 Å². The molecule has 10 heteroatoms. The first-order valence-corrected chi connectivity index (χ1v) is 16.5. The summed E-state index contributed by atoms with van der Waals surface area (Å²) >= 11 is 0. The van der Waals surface area contributed by atoms with Crippen LogP contribution in [0.15, 0.2) is 72.8 Å². The van der Waals surface area contributed by atoms with Crippen molar-refractivity contribution in [2.24, 2.45) is 0 Å². The average Bonchev–Trinajstić information content (AvgIpc) is 3.10. The van der Waals surface area contributed by atoms with Crippen molar-refractivity contribution in [1.82, 2.24) is 4.90 Å². The lowest BCUT2D eigenvalue weighted by atomic mass is 9.84. The predicted molar refractivity (Wildman–Crippen MR) is 179 cm³/mol. The van der Waals surface area contributed by atoms with E-state index >= 15 is 0 Å². The Labute approximate surface area is 278 Å². The molecule has 0 saturated carbocycles. The third-order valence-electron chi connectivity index (χ3n) is 8.59. The molecule has 0 unspecified atom stereocenters. The zero-order valence-corrected chi connectivity index (χ0v) is 27.6. The molecule has 2 heterocycles. The summed E-state index contributed by atoms with van der Waals surface area (Å²) in [6, 6.07) is 23.5. The number of hydrogen-bond donors (Lipinski definition) is 1. The summed E-state index contributed by atoms with van der Waals surface area (Å²) in [5.74, 6) is 1.28. The van der Waals surface area contributed by atoms with Gasteiger partial charge in [0.1, 0.15) is 24.7 Å². The summed E-state index contributed by atoms with van der Waals surface area (Å²) in [7, 11) is 3.42. The van der Waals surface area contributed by atoms with Gasteiger partial charge in [0.05, 0.1) is 50.7 Å². The van der Waals surface area contributed by atoms with Gasteiger partial charge in [0.15, 0.2) is 0 Å². The topological polar surface area (TPSA) is 99.2 Å². The number of fused-ring (bicyclic) bond motifs is 1. The zero-order chi connectivity index (χ0) is 32.8. The van der Waals surface area contributed by atoms with Gasteiger partial charge in [-0.25, -0.2) is 4.79 Å². The molecule has 3 atom stereocenters. The second kappa shape index (κ2) is 17.9. The molecule has 3 aromatic rings. The highest BCUT2D eigenvalue weighted by molar-refractivity contribution is 5.68. The van der Waals surface area contributed by atoms with E-state index in [1.807, 2.05) is 66.7 Å². The lowest BCUT2D eigenvalue weighted by molar-refractivity contribution is -0.0692. The molecule has 10 nitrogen and oxygen atoms in total. The van der Waals surface area contributed by atoms with Crippen molar-refractivity contribution < 1.29 is 38.3 Å². The maximum absolute atomic E-state index is 13.2. The highest BCUT2D eigenvalue weighted by Crippen LogP contribution is 2.35. The summed E-state index contributed by atoms with van der Waals surface area (Å²) in [5, 5.41) is 11.5. The smallest absolute Gasteiger partial charge is 0.410 e. The number of ether oxygens (including phenoxy) is 6. The molecule has 1 saturated heterocycles. The van der Waals surface area contributed by atoms with Crippen LogP contribution >= 0.6 is 0 Å². The number of benzene rings is 3. The molecule has 254 valence electrons. The number of amides is 1. The van der Waals surface area contributed by atoms with Gasteiger partial charge >= 0.3 is 6.09 Å². The first kappa shape index (κ1) is 34.5. The average molecular weight is 649 g/mol. The molecule has 0 bridgehead atoms. The lowest BCUT2D eigenvalue weighted by Gasteiger charge is -2.41. The number of likely N-dealkylation sites (tertiary alicyclic amines) is 1. The van der Waals surface area contributed by atoms with E-state index in [0.717, 1.165) is 66.2 Å². The van der Waals surface area contributed by atoms with Gasteiger partial charge in [-0.15, -0.1) is 0 Å². The quantitative estimate of drug-likeness (QED) is 0.205. The second-order valence-corrected chi connectivity index (χ2v) is 12.0. The molecule has 0 spiro atoms. The maximum atomic E-state index is 13.2. The van der Waals surface area contributed by atoms with Gasteiger partial charge in [0, 0.05) is 39.9 Å². The van der Waals surface area contributed by atoms with E-state index in [1.54, 1.807) is 19.1 Å². The van der Waals surface area contributed by atoms with Crippen LogP contribution < -0.4 is 14.4 Å². The number of aliphatic hydroxyl groups excluding tert-OH is 1. The van der Waals surface area contributed by atoms with Gasteiger partial charge < -0.3 is 43.3 Å². The van der Waals surface area contributed by atoms with Crippen LogP contribution in [0.4, 0.5) is 10.5 Å². The van der Waals surface area contributed by atoms with Gasteiger partial charge in [-0.05, 0) is 60.2 Å². The number of β-amino-alcohol motifs (C(OH)–C–C–N with tert-alkyl or cyclic N) is 1. The number of aliphatic hydroxyl groups is 1. The predicted octanol–water partition coefficient (Wildman–Crippen LogP) is 5.41. The van der Waals surface area contributed by atoms with E-state index in [1.165, 1.54) is 0 Å². The van der Waals surface area contributed by atoms with Crippen LogP contribution in [0.25, 0.3) is 0 Å². The Bertz CT molecular complexity index is 1370. The zero-order valence-electron chi connectivity index (χ0n) is 27.6. The lowest BCUT2D eigenvalue weighted by Crippen LogP contribution is -2.53. The number of hydrogen-bond acceptors (Lipinski definition) is 9. The van der Waals surface area contributed by atoms with E-state index in [0.29, 0.717) is 33.0 Å². The van der Waals surface area contributed by atoms with Gasteiger partial charge in [-0.2, -0.15) is 0 Å². The van der Waals surface area contributed by atoms with Crippen LogP contribution in [-0.2, 0) is 32.2 Å². The van der Waals surface area contributed by atoms with Gasteiger partial charge in [0.25, 0.3) is 0 Å². The van der Waals surface area contributed by atoms with Crippen molar-refractivity contribution >= 4 is 11.8 Å². The van der Waals surface area contributed by atoms with Crippen molar-refractivity contribution in [3.8, 4) is 11.5 Å². The number of carbonyl (C=O) groups is 1. The Hall–Kier alpha value is -3.83. The Morgan fingerprint density at radius 3 is 2.43 bits per heavy atom. The minimum absolute atomic E-state index is 0.141. The normalized spacial score (nSPS) is 19.2. The molecule has 2 aliphatic heterocycles. The molecule has 47 heavy (non-hydrogen) atoms. The number of carbonyl (C=O) groups excluding carboxylic acids is 1. The molecule has 5 rings (SSSR count). The molecule has 1 amide bonds. The molecular weight excluding hydrogens is 600 g/mol. The summed E-state index contributed by atoms with van der Waals surface area (Å²) in [4.78, 5) is 17.0. The Balaban J connectivity index is 1.29. The molecule has 0 radical (unpaired) electrons.